The van der Waals surface area contributed by atoms with E-state index in [0.29, 0.717) is 23.0 Å². The first-order chi connectivity index (χ1) is 13.7. The van der Waals surface area contributed by atoms with Gasteiger partial charge in [0.15, 0.2) is 11.5 Å². The predicted molar refractivity (Wildman–Crippen MR) is 97.1 cm³/mol. The van der Waals surface area contributed by atoms with E-state index < -0.39 is 12.0 Å². The molecule has 1 N–H and O–H groups in total. The Morgan fingerprint density at radius 3 is 2.46 bits per heavy atom. The molecule has 144 valence electrons. The van der Waals surface area contributed by atoms with Gasteiger partial charge in [-0.1, -0.05) is 23.3 Å². The summed E-state index contributed by atoms with van der Waals surface area (Å²) in [6.45, 7) is 0.215. The van der Waals surface area contributed by atoms with Crippen molar-refractivity contribution in [2.24, 2.45) is 0 Å². The predicted octanol–water partition coefficient (Wildman–Crippen LogP) is 2.85. The molecule has 4 rings (SSSR count). The quantitative estimate of drug-likeness (QED) is 0.717. The molecule has 1 unspecified atom stereocenters. The molecule has 0 spiro atoms. The summed E-state index contributed by atoms with van der Waals surface area (Å²) in [5.41, 5.74) is 0.221. The molecule has 0 fully saturated rings. The zero-order valence-corrected chi connectivity index (χ0v) is 15.2. The van der Waals surface area contributed by atoms with Crippen molar-refractivity contribution < 1.29 is 28.2 Å². The first-order valence-corrected chi connectivity index (χ1v) is 8.44. The van der Waals surface area contributed by atoms with Gasteiger partial charge in [0.1, 0.15) is 23.7 Å². The molecule has 2 aromatic carbocycles. The normalized spacial score (nSPS) is 15.0. The zero-order valence-electron chi connectivity index (χ0n) is 15.2. The Morgan fingerprint density at radius 2 is 1.75 bits per heavy atom. The maximum atomic E-state index is 12.7. The lowest BCUT2D eigenvalue weighted by Crippen LogP contribution is -2.21. The van der Waals surface area contributed by atoms with Crippen molar-refractivity contribution in [2.45, 2.75) is 6.10 Å². The van der Waals surface area contributed by atoms with Crippen LogP contribution in [0.1, 0.15) is 22.4 Å². The van der Waals surface area contributed by atoms with Crippen molar-refractivity contribution in [1.29, 1.82) is 0 Å². The molecule has 0 aliphatic carbocycles. The van der Waals surface area contributed by atoms with Crippen LogP contribution in [0.3, 0.4) is 0 Å². The van der Waals surface area contributed by atoms with Gasteiger partial charge in [-0.25, -0.2) is 0 Å². The average molecular weight is 383 g/mol. The Labute approximate surface area is 160 Å². The van der Waals surface area contributed by atoms with E-state index in [4.69, 9.17) is 23.4 Å². The number of anilines is 1. The lowest BCUT2D eigenvalue weighted by molar-refractivity contribution is 0.0716. The highest BCUT2D eigenvalue weighted by Gasteiger charge is 2.28. The van der Waals surface area contributed by atoms with Crippen LogP contribution >= 0.6 is 0 Å². The molecular weight excluding hydrogens is 366 g/mol. The second kappa shape index (κ2) is 7.47. The number of amides is 1. The first kappa shape index (κ1) is 17.7. The van der Waals surface area contributed by atoms with E-state index in [2.05, 4.69) is 15.5 Å². The highest BCUT2D eigenvalue weighted by molar-refractivity contribution is 6.07. The number of benzene rings is 2. The topological polar surface area (TPSA) is 105 Å². The molecule has 0 radical (unpaired) electrons. The molecule has 1 aliphatic heterocycles. The highest BCUT2D eigenvalue weighted by atomic mass is 16.6. The van der Waals surface area contributed by atoms with E-state index in [1.807, 2.05) is 18.2 Å². The Hall–Kier alpha value is -3.75. The van der Waals surface area contributed by atoms with Crippen molar-refractivity contribution >= 4 is 11.9 Å². The van der Waals surface area contributed by atoms with Crippen LogP contribution in [0.4, 0.5) is 6.01 Å². The van der Waals surface area contributed by atoms with Crippen LogP contribution in [0.2, 0.25) is 0 Å². The third-order valence-corrected chi connectivity index (χ3v) is 4.10. The van der Waals surface area contributed by atoms with E-state index in [1.54, 1.807) is 24.3 Å². The van der Waals surface area contributed by atoms with E-state index in [0.717, 1.165) is 0 Å². The van der Waals surface area contributed by atoms with Gasteiger partial charge in [-0.2, -0.15) is 0 Å². The number of rotatable bonds is 5. The number of nitrogens with zero attached hydrogens (tertiary/aromatic N) is 2. The molecule has 1 aliphatic rings. The highest BCUT2D eigenvalue weighted by Crippen LogP contribution is 2.36. The van der Waals surface area contributed by atoms with Gasteiger partial charge in [-0.3, -0.25) is 10.1 Å². The smallest absolute Gasteiger partial charge is 0.322 e. The summed E-state index contributed by atoms with van der Waals surface area (Å²) in [4.78, 5) is 12.7. The largest absolute Gasteiger partial charge is 0.496 e. The second-order valence-corrected chi connectivity index (χ2v) is 5.80. The Balaban J connectivity index is 1.51. The van der Waals surface area contributed by atoms with Gasteiger partial charge in [0.2, 0.25) is 6.10 Å². The lowest BCUT2D eigenvalue weighted by atomic mass is 10.1. The minimum atomic E-state index is -0.575. The van der Waals surface area contributed by atoms with E-state index in [1.165, 1.54) is 14.2 Å². The number of carbonyl (C=O) groups is 1. The summed E-state index contributed by atoms with van der Waals surface area (Å²) in [6, 6.07) is 12.2. The maximum absolute atomic E-state index is 12.7. The molecule has 9 nitrogen and oxygen atoms in total. The molecule has 2 heterocycles. The number of hydrogen-bond donors (Lipinski definition) is 1. The molecule has 3 aromatic rings. The van der Waals surface area contributed by atoms with Crippen molar-refractivity contribution in [3.63, 3.8) is 0 Å². The van der Waals surface area contributed by atoms with Gasteiger partial charge in [0.25, 0.3) is 11.8 Å². The van der Waals surface area contributed by atoms with E-state index in [9.17, 15) is 4.79 Å². The van der Waals surface area contributed by atoms with Crippen LogP contribution in [0, 0.1) is 0 Å². The monoisotopic (exact) mass is 383 g/mol. The standard InChI is InChI=1S/C19H17N3O6/c1-24-13-8-5-9-14(25-2)16(13)17(23)20-19-22-21-18(28-19)15-10-26-11-6-3-4-7-12(11)27-15/h3-9,15H,10H2,1-2H3,(H,20,22,23). The minimum Gasteiger partial charge on any atom is -0.496 e. The SMILES string of the molecule is COc1cccc(OC)c1C(=O)Nc1nnc(C2COc3ccccc3O2)o1. The minimum absolute atomic E-state index is 0.0737. The third kappa shape index (κ3) is 3.29. The number of para-hydroxylation sites is 2. The molecule has 0 saturated heterocycles. The van der Waals surface area contributed by atoms with Crippen LogP contribution in [-0.2, 0) is 0 Å². The fraction of sp³-hybridized carbons (Fsp3) is 0.211. The van der Waals surface area contributed by atoms with Crippen molar-refractivity contribution in [3.8, 4) is 23.0 Å². The molecule has 1 atom stereocenters. The van der Waals surface area contributed by atoms with Gasteiger partial charge in [0.05, 0.1) is 14.2 Å². The number of fused-ring (bicyclic) bond motifs is 1. The van der Waals surface area contributed by atoms with Crippen LogP contribution < -0.4 is 24.3 Å². The van der Waals surface area contributed by atoms with Crippen molar-refractivity contribution in [2.75, 3.05) is 26.1 Å². The van der Waals surface area contributed by atoms with Gasteiger partial charge >= 0.3 is 6.01 Å². The molecule has 0 saturated carbocycles. The fourth-order valence-corrected chi connectivity index (χ4v) is 2.79. The Kier molecular flexibility index (Phi) is 4.71. The number of ether oxygens (including phenoxy) is 4. The molecule has 1 aromatic heterocycles. The Bertz CT molecular complexity index is 981. The average Bonchev–Trinajstić information content (AvgIpc) is 3.21. The zero-order chi connectivity index (χ0) is 19.5. The molecule has 9 heteroatoms. The summed E-state index contributed by atoms with van der Waals surface area (Å²) in [5.74, 6) is 1.64. The molecular formula is C19H17N3O6. The summed E-state index contributed by atoms with van der Waals surface area (Å²) < 4.78 is 27.5. The van der Waals surface area contributed by atoms with E-state index in [-0.39, 0.29) is 24.1 Å². The van der Waals surface area contributed by atoms with Crippen LogP contribution in [0.15, 0.2) is 46.9 Å². The van der Waals surface area contributed by atoms with Gasteiger partial charge in [-0.15, -0.1) is 5.10 Å². The summed E-state index contributed by atoms with van der Waals surface area (Å²) >= 11 is 0. The van der Waals surface area contributed by atoms with Crippen molar-refractivity contribution in [1.82, 2.24) is 10.2 Å². The first-order valence-electron chi connectivity index (χ1n) is 8.44. The summed E-state index contributed by atoms with van der Waals surface area (Å²) in [6.07, 6.45) is -0.575. The Morgan fingerprint density at radius 1 is 1.04 bits per heavy atom. The van der Waals surface area contributed by atoms with Crippen LogP contribution in [0.25, 0.3) is 0 Å². The summed E-state index contributed by atoms with van der Waals surface area (Å²) in [7, 11) is 2.93. The van der Waals surface area contributed by atoms with Crippen LogP contribution in [0.5, 0.6) is 23.0 Å². The molecule has 28 heavy (non-hydrogen) atoms. The van der Waals surface area contributed by atoms with E-state index >= 15 is 0 Å². The third-order valence-electron chi connectivity index (χ3n) is 4.10. The molecule has 0 bridgehead atoms. The molecule has 1 amide bonds. The number of nitrogens with one attached hydrogen (secondary N) is 1. The number of carbonyl (C=O) groups excluding carboxylic acids is 1. The fourth-order valence-electron chi connectivity index (χ4n) is 2.79. The van der Waals surface area contributed by atoms with Gasteiger partial charge in [0, 0.05) is 0 Å². The lowest BCUT2D eigenvalue weighted by Gasteiger charge is -2.23. The second-order valence-electron chi connectivity index (χ2n) is 5.80. The summed E-state index contributed by atoms with van der Waals surface area (Å²) in [5, 5.41) is 10.4. The van der Waals surface area contributed by atoms with Gasteiger partial charge < -0.3 is 23.4 Å². The number of hydrogen-bond acceptors (Lipinski definition) is 8. The van der Waals surface area contributed by atoms with Gasteiger partial charge in [-0.05, 0) is 24.3 Å². The van der Waals surface area contributed by atoms with Crippen LogP contribution in [-0.4, -0.2) is 36.9 Å². The van der Waals surface area contributed by atoms with Crippen molar-refractivity contribution in [3.05, 3.63) is 53.9 Å². The maximum Gasteiger partial charge on any atom is 0.322 e. The number of aromatic nitrogens is 2. The number of methoxy groups -OCH3 is 2.